The minimum absolute atomic E-state index is 0.363. The van der Waals surface area contributed by atoms with E-state index in [4.69, 9.17) is 18.0 Å². The first-order valence-electron chi connectivity index (χ1n) is 6.53. The van der Waals surface area contributed by atoms with E-state index in [0.29, 0.717) is 16.9 Å². The molecule has 0 fully saturated rings. The van der Waals surface area contributed by atoms with E-state index in [1.54, 1.807) is 0 Å². The number of hydrogen-bond donors (Lipinski definition) is 2. The van der Waals surface area contributed by atoms with Gasteiger partial charge in [0.15, 0.2) is 0 Å². The third-order valence-corrected chi connectivity index (χ3v) is 3.64. The van der Waals surface area contributed by atoms with Crippen molar-refractivity contribution < 1.29 is 0 Å². The Morgan fingerprint density at radius 1 is 1.39 bits per heavy atom. The average Bonchev–Trinajstić information content (AvgIpc) is 2.30. The number of nitrogens with one attached hydrogen (secondary N) is 1. The van der Waals surface area contributed by atoms with Gasteiger partial charge in [0.2, 0.25) is 0 Å². The zero-order chi connectivity index (χ0) is 13.7. The highest BCUT2D eigenvalue weighted by Gasteiger charge is 2.16. The monoisotopic (exact) mass is 265 g/mol. The van der Waals surface area contributed by atoms with Crippen LogP contribution in [0.5, 0.6) is 0 Å². The van der Waals surface area contributed by atoms with E-state index in [1.165, 1.54) is 0 Å². The lowest BCUT2D eigenvalue weighted by Crippen LogP contribution is -2.27. The molecule has 4 heteroatoms. The molecule has 18 heavy (non-hydrogen) atoms. The van der Waals surface area contributed by atoms with E-state index in [1.807, 2.05) is 19.1 Å². The fourth-order valence-electron chi connectivity index (χ4n) is 2.19. The maximum Gasteiger partial charge on any atom is 0.136 e. The van der Waals surface area contributed by atoms with E-state index >= 15 is 0 Å². The van der Waals surface area contributed by atoms with Gasteiger partial charge < -0.3 is 11.1 Å². The normalized spacial score (nSPS) is 12.5. The second-order valence-corrected chi connectivity index (χ2v) is 5.16. The first-order valence-corrected chi connectivity index (χ1v) is 6.94. The molecule has 0 aromatic carbocycles. The largest absolute Gasteiger partial charge is 0.389 e. The number of anilines is 1. The van der Waals surface area contributed by atoms with E-state index in [9.17, 15) is 0 Å². The Bertz CT molecular complexity index is 414. The second-order valence-electron chi connectivity index (χ2n) is 4.72. The summed E-state index contributed by atoms with van der Waals surface area (Å²) in [5.74, 6) is 1.44. The molecule has 1 heterocycles. The van der Waals surface area contributed by atoms with Crippen LogP contribution in [0.3, 0.4) is 0 Å². The fourth-order valence-corrected chi connectivity index (χ4v) is 2.36. The Balaban J connectivity index is 2.95. The van der Waals surface area contributed by atoms with Gasteiger partial charge in [-0.05, 0) is 31.9 Å². The second kappa shape index (κ2) is 6.69. The molecule has 0 aliphatic carbocycles. The maximum atomic E-state index is 5.73. The Kier molecular flexibility index (Phi) is 5.54. The van der Waals surface area contributed by atoms with Crippen molar-refractivity contribution in [2.75, 3.05) is 5.32 Å². The molecular formula is C14H23N3S. The molecule has 0 radical (unpaired) electrons. The SMILES string of the molecule is CCC(CC)C(C)Nc1nc(C)ccc1C(N)=S. The molecular weight excluding hydrogens is 242 g/mol. The predicted molar refractivity (Wildman–Crippen MR) is 82.0 cm³/mol. The molecule has 1 rings (SSSR count). The van der Waals surface area contributed by atoms with Gasteiger partial charge in [-0.3, -0.25) is 0 Å². The highest BCUT2D eigenvalue weighted by atomic mass is 32.1. The van der Waals surface area contributed by atoms with Crippen molar-refractivity contribution in [3.8, 4) is 0 Å². The van der Waals surface area contributed by atoms with Crippen molar-refractivity contribution in [3.63, 3.8) is 0 Å². The summed E-state index contributed by atoms with van der Waals surface area (Å²) >= 11 is 5.07. The van der Waals surface area contributed by atoms with Crippen molar-refractivity contribution in [3.05, 3.63) is 23.4 Å². The van der Waals surface area contributed by atoms with Crippen molar-refractivity contribution in [1.82, 2.24) is 4.98 Å². The quantitative estimate of drug-likeness (QED) is 0.775. The molecule has 0 amide bonds. The molecule has 0 bridgehead atoms. The molecule has 0 saturated carbocycles. The number of nitrogens with zero attached hydrogens (tertiary/aromatic N) is 1. The molecule has 1 aromatic heterocycles. The molecule has 1 aromatic rings. The number of thiocarbonyl (C=S) groups is 1. The zero-order valence-corrected chi connectivity index (χ0v) is 12.5. The highest BCUT2D eigenvalue weighted by Crippen LogP contribution is 2.20. The first kappa shape index (κ1) is 14.9. The van der Waals surface area contributed by atoms with Gasteiger partial charge in [-0.1, -0.05) is 38.9 Å². The summed E-state index contributed by atoms with van der Waals surface area (Å²) < 4.78 is 0. The number of aryl methyl sites for hydroxylation is 1. The summed E-state index contributed by atoms with van der Waals surface area (Å²) in [6, 6.07) is 4.23. The summed E-state index contributed by atoms with van der Waals surface area (Å²) in [6.45, 7) is 8.58. The smallest absolute Gasteiger partial charge is 0.136 e. The molecule has 100 valence electrons. The van der Waals surface area contributed by atoms with E-state index < -0.39 is 0 Å². The third kappa shape index (κ3) is 3.67. The van der Waals surface area contributed by atoms with Crippen LogP contribution in [-0.4, -0.2) is 16.0 Å². The van der Waals surface area contributed by atoms with Gasteiger partial charge in [0, 0.05) is 11.7 Å². The van der Waals surface area contributed by atoms with Crippen LogP contribution in [0, 0.1) is 12.8 Å². The van der Waals surface area contributed by atoms with Crippen LogP contribution in [0.15, 0.2) is 12.1 Å². The molecule has 0 aliphatic heterocycles. The summed E-state index contributed by atoms with van der Waals surface area (Å²) in [4.78, 5) is 4.90. The Hall–Kier alpha value is -1.16. The summed E-state index contributed by atoms with van der Waals surface area (Å²) in [7, 11) is 0. The van der Waals surface area contributed by atoms with Crippen LogP contribution in [0.25, 0.3) is 0 Å². The lowest BCUT2D eigenvalue weighted by Gasteiger charge is -2.24. The van der Waals surface area contributed by atoms with Crippen molar-refractivity contribution in [1.29, 1.82) is 0 Å². The standard InChI is InChI=1S/C14H23N3S/c1-5-11(6-2)10(4)17-14-12(13(15)18)8-7-9(3)16-14/h7-8,10-11H,5-6H2,1-4H3,(H2,15,18)(H,16,17). The molecule has 3 N–H and O–H groups in total. The van der Waals surface area contributed by atoms with Gasteiger partial charge in [0.1, 0.15) is 10.8 Å². The van der Waals surface area contributed by atoms with Gasteiger partial charge >= 0.3 is 0 Å². The van der Waals surface area contributed by atoms with Crippen LogP contribution >= 0.6 is 12.2 Å². The molecule has 3 nitrogen and oxygen atoms in total. The molecule has 0 aliphatic rings. The Labute approximate surface area is 115 Å². The molecule has 1 atom stereocenters. The number of rotatable bonds is 6. The molecule has 0 saturated heterocycles. The average molecular weight is 265 g/mol. The lowest BCUT2D eigenvalue weighted by molar-refractivity contribution is 0.437. The minimum atomic E-state index is 0.363. The Morgan fingerprint density at radius 2 is 2.00 bits per heavy atom. The Morgan fingerprint density at radius 3 is 2.50 bits per heavy atom. The van der Waals surface area contributed by atoms with Gasteiger partial charge in [-0.25, -0.2) is 4.98 Å². The van der Waals surface area contributed by atoms with Gasteiger partial charge in [0.05, 0.1) is 5.56 Å². The minimum Gasteiger partial charge on any atom is -0.389 e. The van der Waals surface area contributed by atoms with Crippen molar-refractivity contribution in [2.45, 2.75) is 46.6 Å². The van der Waals surface area contributed by atoms with Crippen LogP contribution in [0.4, 0.5) is 5.82 Å². The summed E-state index contributed by atoms with van der Waals surface area (Å²) in [6.07, 6.45) is 2.30. The number of aromatic nitrogens is 1. The summed E-state index contributed by atoms with van der Waals surface area (Å²) in [5.41, 5.74) is 7.53. The van der Waals surface area contributed by atoms with Crippen LogP contribution in [0.2, 0.25) is 0 Å². The van der Waals surface area contributed by atoms with Crippen LogP contribution < -0.4 is 11.1 Å². The van der Waals surface area contributed by atoms with Crippen LogP contribution in [-0.2, 0) is 0 Å². The molecule has 1 unspecified atom stereocenters. The van der Waals surface area contributed by atoms with E-state index in [-0.39, 0.29) is 0 Å². The number of nitrogens with two attached hydrogens (primary N) is 1. The fraction of sp³-hybridized carbons (Fsp3) is 0.571. The zero-order valence-electron chi connectivity index (χ0n) is 11.7. The van der Waals surface area contributed by atoms with Gasteiger partial charge in [-0.15, -0.1) is 0 Å². The van der Waals surface area contributed by atoms with Crippen molar-refractivity contribution >= 4 is 23.0 Å². The number of hydrogen-bond acceptors (Lipinski definition) is 3. The summed E-state index contributed by atoms with van der Waals surface area (Å²) in [5, 5.41) is 3.46. The molecule has 0 spiro atoms. The van der Waals surface area contributed by atoms with Gasteiger partial charge in [-0.2, -0.15) is 0 Å². The maximum absolute atomic E-state index is 5.73. The lowest BCUT2D eigenvalue weighted by atomic mass is 9.95. The predicted octanol–water partition coefficient (Wildman–Crippen LogP) is 3.26. The highest BCUT2D eigenvalue weighted by molar-refractivity contribution is 7.80. The van der Waals surface area contributed by atoms with Crippen LogP contribution in [0.1, 0.15) is 44.9 Å². The van der Waals surface area contributed by atoms with E-state index in [2.05, 4.69) is 31.1 Å². The van der Waals surface area contributed by atoms with Gasteiger partial charge in [0.25, 0.3) is 0 Å². The van der Waals surface area contributed by atoms with Crippen molar-refractivity contribution in [2.24, 2.45) is 11.7 Å². The third-order valence-electron chi connectivity index (χ3n) is 3.42. The van der Waals surface area contributed by atoms with E-state index in [0.717, 1.165) is 29.9 Å². The topological polar surface area (TPSA) is 50.9 Å². The first-order chi connectivity index (χ1) is 8.49. The number of pyridine rings is 1.